The zero-order valence-corrected chi connectivity index (χ0v) is 9.86. The second kappa shape index (κ2) is 4.37. The van der Waals surface area contributed by atoms with Gasteiger partial charge in [-0.15, -0.1) is 5.10 Å². The van der Waals surface area contributed by atoms with Crippen LogP contribution >= 0.6 is 23.1 Å². The molecule has 0 aliphatic carbocycles. The summed E-state index contributed by atoms with van der Waals surface area (Å²) in [5.74, 6) is 0. The molecule has 0 unspecified atom stereocenters. The normalized spacial score (nSPS) is 11.3. The third-order valence-corrected chi connectivity index (χ3v) is 3.85. The van der Waals surface area contributed by atoms with Crippen LogP contribution in [-0.2, 0) is 10.1 Å². The van der Waals surface area contributed by atoms with Gasteiger partial charge in [0.15, 0.2) is 0 Å². The fourth-order valence-electron chi connectivity index (χ4n) is 0.992. The van der Waals surface area contributed by atoms with E-state index < -0.39 is 15.0 Å². The maximum Gasteiger partial charge on any atom is 1.00 e. The van der Waals surface area contributed by atoms with E-state index in [0.717, 1.165) is 17.6 Å². The van der Waals surface area contributed by atoms with Crippen LogP contribution in [0.4, 0.5) is 0 Å². The van der Waals surface area contributed by atoms with Crippen molar-refractivity contribution in [3.8, 4) is 0 Å². The zero-order valence-electron chi connectivity index (χ0n) is 7.47. The van der Waals surface area contributed by atoms with Gasteiger partial charge in [-0.25, -0.2) is 8.42 Å². The molecule has 0 fully saturated rings. The Labute approximate surface area is 107 Å². The van der Waals surface area contributed by atoms with Gasteiger partial charge in [-0.1, -0.05) is 16.1 Å². The van der Waals surface area contributed by atoms with Crippen molar-refractivity contribution in [3.63, 3.8) is 0 Å². The van der Waals surface area contributed by atoms with Gasteiger partial charge in [0, 0.05) is 0 Å². The van der Waals surface area contributed by atoms with Gasteiger partial charge < -0.3 is 4.55 Å². The Kier molecular flexibility index (Phi) is 3.76. The van der Waals surface area contributed by atoms with Crippen molar-refractivity contribution in [2.45, 2.75) is 4.90 Å². The average molecular weight is 257 g/mol. The van der Waals surface area contributed by atoms with E-state index in [0.29, 0.717) is 10.2 Å². The van der Waals surface area contributed by atoms with Crippen LogP contribution in [0, 0.1) is 0 Å². The van der Waals surface area contributed by atoms with Gasteiger partial charge in [-0.3, -0.25) is 0 Å². The molecule has 0 saturated heterocycles. The number of nitrogens with zero attached hydrogens (tertiary/aromatic N) is 2. The molecule has 1 heterocycles. The molecule has 15 heavy (non-hydrogen) atoms. The molecule has 0 amide bonds. The van der Waals surface area contributed by atoms with Gasteiger partial charge in [0.05, 0.1) is 14.6 Å². The topological polar surface area (TPSA) is 83.0 Å². The Morgan fingerprint density at radius 3 is 2.67 bits per heavy atom. The molecule has 0 aliphatic rings. The van der Waals surface area contributed by atoms with Crippen molar-refractivity contribution in [1.82, 2.24) is 9.59 Å². The van der Waals surface area contributed by atoms with Crippen molar-refractivity contribution in [3.05, 3.63) is 17.2 Å². The smallest absolute Gasteiger partial charge is 0.744 e. The molecule has 0 spiro atoms. The Bertz CT molecular complexity index is 597. The number of fused-ring (bicyclic) bond motifs is 1. The minimum absolute atomic E-state index is 0. The van der Waals surface area contributed by atoms with E-state index >= 15 is 0 Å². The number of hydrogen-bond acceptors (Lipinski definition) is 6. The van der Waals surface area contributed by atoms with Crippen LogP contribution in [0.5, 0.6) is 0 Å². The summed E-state index contributed by atoms with van der Waals surface area (Å²) in [6.45, 7) is 0. The molecule has 2 aromatic rings. The van der Waals surface area contributed by atoms with Crippen molar-refractivity contribution in [1.29, 1.82) is 0 Å². The standard InChI is InChI=1S/C6H3ClN2O3S2.Li/c7-5-4(14(10,11)12)2-1-3-6(5)13-9-8-3;/h1-2H,(H,10,11,12);/q;+1/p-1. The number of hydrogen-bond donors (Lipinski definition) is 0. The summed E-state index contributed by atoms with van der Waals surface area (Å²) in [5, 5.41) is 3.59. The monoisotopic (exact) mass is 256 g/mol. The minimum atomic E-state index is -4.53. The predicted molar refractivity (Wildman–Crippen MR) is 50.4 cm³/mol. The van der Waals surface area contributed by atoms with E-state index in [9.17, 15) is 13.0 Å². The second-order valence-corrected chi connectivity index (χ2v) is 4.93. The van der Waals surface area contributed by atoms with Crippen LogP contribution < -0.4 is 18.9 Å². The Morgan fingerprint density at radius 2 is 2.07 bits per heavy atom. The first-order chi connectivity index (χ1) is 6.50. The Hall–Kier alpha value is -0.163. The van der Waals surface area contributed by atoms with Gasteiger partial charge in [0.1, 0.15) is 15.6 Å². The molecule has 1 aromatic carbocycles. The molecule has 74 valence electrons. The summed E-state index contributed by atoms with van der Waals surface area (Å²) in [4.78, 5) is -0.433. The van der Waals surface area contributed by atoms with Crippen molar-refractivity contribution in [2.75, 3.05) is 0 Å². The molecule has 5 nitrogen and oxygen atoms in total. The van der Waals surface area contributed by atoms with E-state index in [1.54, 1.807) is 0 Å². The van der Waals surface area contributed by atoms with Crippen LogP contribution in [0.2, 0.25) is 5.02 Å². The van der Waals surface area contributed by atoms with Gasteiger partial charge in [-0.2, -0.15) is 0 Å². The first-order valence-corrected chi connectivity index (χ1v) is 5.92. The summed E-state index contributed by atoms with van der Waals surface area (Å²) in [7, 11) is -4.53. The summed E-state index contributed by atoms with van der Waals surface area (Å²) in [6.07, 6.45) is 0. The third-order valence-electron chi connectivity index (χ3n) is 1.59. The molecule has 1 aromatic heterocycles. The second-order valence-electron chi connectivity index (χ2n) is 2.45. The van der Waals surface area contributed by atoms with E-state index in [2.05, 4.69) is 9.59 Å². The summed E-state index contributed by atoms with van der Waals surface area (Å²) < 4.78 is 36.2. The van der Waals surface area contributed by atoms with Crippen LogP contribution in [0.15, 0.2) is 17.0 Å². The van der Waals surface area contributed by atoms with Crippen LogP contribution in [0.3, 0.4) is 0 Å². The largest absolute Gasteiger partial charge is 1.00 e. The zero-order chi connectivity index (χ0) is 10.3. The van der Waals surface area contributed by atoms with Crippen molar-refractivity contribution < 1.29 is 31.8 Å². The van der Waals surface area contributed by atoms with E-state index in [1.807, 2.05) is 0 Å². The fourth-order valence-corrected chi connectivity index (χ4v) is 2.76. The molecule has 9 heteroatoms. The SMILES string of the molecule is O=S(=O)([O-])c1ccc2nnsc2c1Cl.[Li+]. The number of rotatable bonds is 1. The predicted octanol–water partition coefficient (Wildman–Crippen LogP) is -1.75. The summed E-state index contributed by atoms with van der Waals surface area (Å²) in [5.41, 5.74) is 0.479. The molecule has 0 atom stereocenters. The third kappa shape index (κ3) is 2.33. The number of aromatic nitrogens is 2. The number of benzene rings is 1. The molecule has 0 radical (unpaired) electrons. The van der Waals surface area contributed by atoms with Crippen molar-refractivity contribution in [2.24, 2.45) is 0 Å². The molecular formula is C6H2ClLiN2O3S2. The maximum absolute atomic E-state index is 10.7. The van der Waals surface area contributed by atoms with E-state index in [4.69, 9.17) is 11.6 Å². The van der Waals surface area contributed by atoms with Gasteiger partial charge in [0.2, 0.25) is 0 Å². The van der Waals surface area contributed by atoms with Crippen LogP contribution in [0.25, 0.3) is 10.2 Å². The quantitative estimate of drug-likeness (QED) is 0.446. The van der Waals surface area contributed by atoms with Gasteiger partial charge in [0.25, 0.3) is 0 Å². The Balaban J connectivity index is 0.00000112. The van der Waals surface area contributed by atoms with Crippen LogP contribution in [-0.4, -0.2) is 22.6 Å². The maximum atomic E-state index is 10.7. The van der Waals surface area contributed by atoms with E-state index in [1.165, 1.54) is 6.07 Å². The molecule has 0 saturated carbocycles. The van der Waals surface area contributed by atoms with Gasteiger partial charge in [-0.05, 0) is 23.7 Å². The molecule has 2 rings (SSSR count). The number of halogens is 1. The first kappa shape index (κ1) is 12.9. The molecule has 0 aliphatic heterocycles. The van der Waals surface area contributed by atoms with Crippen LogP contribution in [0.1, 0.15) is 0 Å². The molecule has 0 bridgehead atoms. The average Bonchev–Trinajstić information content (AvgIpc) is 2.50. The summed E-state index contributed by atoms with van der Waals surface area (Å²) >= 11 is 6.67. The van der Waals surface area contributed by atoms with E-state index in [-0.39, 0.29) is 23.9 Å². The van der Waals surface area contributed by atoms with Crippen molar-refractivity contribution >= 4 is 43.5 Å². The first-order valence-electron chi connectivity index (χ1n) is 3.36. The molecule has 0 N–H and O–H groups in total. The molecular weight excluding hydrogens is 255 g/mol. The summed E-state index contributed by atoms with van der Waals surface area (Å²) in [6, 6.07) is 2.53. The Morgan fingerprint density at radius 1 is 1.40 bits per heavy atom. The fraction of sp³-hybridized carbons (Fsp3) is 0. The minimum Gasteiger partial charge on any atom is -0.744 e. The van der Waals surface area contributed by atoms with Gasteiger partial charge >= 0.3 is 18.9 Å².